The number of ether oxygens (including phenoxy) is 2. The van der Waals surface area contributed by atoms with Crippen molar-refractivity contribution in [3.05, 3.63) is 93.7 Å². The van der Waals surface area contributed by atoms with E-state index in [1.54, 1.807) is 19.2 Å². The molecule has 3 rings (SSSR count). The van der Waals surface area contributed by atoms with Gasteiger partial charge in [0.1, 0.15) is 12.4 Å². The van der Waals surface area contributed by atoms with E-state index in [0.29, 0.717) is 24.7 Å². The minimum Gasteiger partial charge on any atom is -0.493 e. The molecular formula is C22H21BrFNO2. The van der Waals surface area contributed by atoms with Crippen LogP contribution in [0.25, 0.3) is 0 Å². The van der Waals surface area contributed by atoms with E-state index in [1.807, 2.05) is 30.3 Å². The van der Waals surface area contributed by atoms with Gasteiger partial charge in [0.25, 0.3) is 0 Å². The minimum absolute atomic E-state index is 0.259. The van der Waals surface area contributed by atoms with Crippen molar-refractivity contribution >= 4 is 15.9 Å². The van der Waals surface area contributed by atoms with Crippen LogP contribution >= 0.6 is 15.9 Å². The van der Waals surface area contributed by atoms with Crippen LogP contribution in [0.2, 0.25) is 0 Å². The standard InChI is InChI=1S/C22H21BrFNO2/c1-26-21-12-18(14-25-13-16-5-3-2-4-6-16)11-20(23)22(21)27-15-17-7-9-19(24)10-8-17/h2-12,25H,13-15H2,1H3. The Labute approximate surface area is 167 Å². The predicted molar refractivity (Wildman–Crippen MR) is 108 cm³/mol. The molecule has 0 bridgehead atoms. The molecule has 3 nitrogen and oxygen atoms in total. The van der Waals surface area contributed by atoms with Crippen LogP contribution in [0.15, 0.2) is 71.2 Å². The highest BCUT2D eigenvalue weighted by Crippen LogP contribution is 2.37. The Morgan fingerprint density at radius 3 is 2.30 bits per heavy atom. The van der Waals surface area contributed by atoms with Crippen LogP contribution in [-0.2, 0) is 19.7 Å². The average Bonchev–Trinajstić information content (AvgIpc) is 2.69. The molecule has 0 radical (unpaired) electrons. The molecule has 0 spiro atoms. The highest BCUT2D eigenvalue weighted by Gasteiger charge is 2.12. The van der Waals surface area contributed by atoms with Gasteiger partial charge >= 0.3 is 0 Å². The van der Waals surface area contributed by atoms with Crippen LogP contribution in [0.3, 0.4) is 0 Å². The Morgan fingerprint density at radius 1 is 0.889 bits per heavy atom. The molecule has 0 heterocycles. The average molecular weight is 430 g/mol. The van der Waals surface area contributed by atoms with Crippen LogP contribution < -0.4 is 14.8 Å². The van der Waals surface area contributed by atoms with Crippen LogP contribution in [0.1, 0.15) is 16.7 Å². The highest BCUT2D eigenvalue weighted by molar-refractivity contribution is 9.10. The number of hydrogen-bond acceptors (Lipinski definition) is 3. The molecule has 27 heavy (non-hydrogen) atoms. The fraction of sp³-hybridized carbons (Fsp3) is 0.182. The largest absolute Gasteiger partial charge is 0.493 e. The van der Waals surface area contributed by atoms with Crippen molar-refractivity contribution in [2.75, 3.05) is 7.11 Å². The second-order valence-corrected chi connectivity index (χ2v) is 6.97. The monoisotopic (exact) mass is 429 g/mol. The lowest BCUT2D eigenvalue weighted by Crippen LogP contribution is -2.12. The van der Waals surface area contributed by atoms with Gasteiger partial charge in [-0.3, -0.25) is 0 Å². The van der Waals surface area contributed by atoms with Gasteiger partial charge in [0, 0.05) is 13.1 Å². The normalized spacial score (nSPS) is 10.6. The minimum atomic E-state index is -0.259. The van der Waals surface area contributed by atoms with Crippen molar-refractivity contribution in [1.82, 2.24) is 5.32 Å². The smallest absolute Gasteiger partial charge is 0.175 e. The van der Waals surface area contributed by atoms with Crippen molar-refractivity contribution in [2.24, 2.45) is 0 Å². The Kier molecular flexibility index (Phi) is 6.85. The van der Waals surface area contributed by atoms with Gasteiger partial charge in [0.15, 0.2) is 11.5 Å². The zero-order chi connectivity index (χ0) is 19.1. The summed E-state index contributed by atoms with van der Waals surface area (Å²) >= 11 is 3.57. The molecule has 1 N–H and O–H groups in total. The van der Waals surface area contributed by atoms with Crippen molar-refractivity contribution < 1.29 is 13.9 Å². The summed E-state index contributed by atoms with van der Waals surface area (Å²) in [4.78, 5) is 0. The summed E-state index contributed by atoms with van der Waals surface area (Å²) in [5, 5.41) is 3.43. The van der Waals surface area contributed by atoms with E-state index in [0.717, 1.165) is 22.1 Å². The first-order chi connectivity index (χ1) is 13.2. The summed E-state index contributed by atoms with van der Waals surface area (Å²) in [7, 11) is 1.62. The molecule has 0 saturated carbocycles. The molecule has 0 amide bonds. The van der Waals surface area contributed by atoms with Crippen LogP contribution in [0.4, 0.5) is 4.39 Å². The Bertz CT molecular complexity index is 869. The first-order valence-electron chi connectivity index (χ1n) is 8.64. The van der Waals surface area contributed by atoms with Crippen LogP contribution in [0.5, 0.6) is 11.5 Å². The van der Waals surface area contributed by atoms with Gasteiger partial charge in [0.2, 0.25) is 0 Å². The van der Waals surface area contributed by atoms with E-state index in [1.165, 1.54) is 17.7 Å². The van der Waals surface area contributed by atoms with Crippen LogP contribution in [-0.4, -0.2) is 7.11 Å². The summed E-state index contributed by atoms with van der Waals surface area (Å²) in [6.45, 7) is 1.84. The summed E-state index contributed by atoms with van der Waals surface area (Å²) in [6, 6.07) is 20.5. The predicted octanol–water partition coefficient (Wildman–Crippen LogP) is 5.47. The molecule has 3 aromatic carbocycles. The Balaban J connectivity index is 1.64. The topological polar surface area (TPSA) is 30.5 Å². The van der Waals surface area contributed by atoms with Gasteiger partial charge in [-0.2, -0.15) is 0 Å². The third-order valence-electron chi connectivity index (χ3n) is 4.09. The molecule has 0 atom stereocenters. The maximum Gasteiger partial charge on any atom is 0.175 e. The summed E-state index contributed by atoms with van der Waals surface area (Å²) < 4.78 is 25.2. The molecule has 5 heteroatoms. The van der Waals surface area contributed by atoms with Gasteiger partial charge in [-0.15, -0.1) is 0 Å². The summed E-state index contributed by atoms with van der Waals surface area (Å²) in [5.74, 6) is 1.03. The van der Waals surface area contributed by atoms with Crippen LogP contribution in [0, 0.1) is 5.82 Å². The highest BCUT2D eigenvalue weighted by atomic mass is 79.9. The lowest BCUT2D eigenvalue weighted by Gasteiger charge is -2.15. The second-order valence-electron chi connectivity index (χ2n) is 6.11. The number of benzene rings is 3. The van der Waals surface area contributed by atoms with Gasteiger partial charge < -0.3 is 14.8 Å². The first-order valence-corrected chi connectivity index (χ1v) is 9.43. The number of methoxy groups -OCH3 is 1. The SMILES string of the molecule is COc1cc(CNCc2ccccc2)cc(Br)c1OCc1ccc(F)cc1. The molecule has 0 aromatic heterocycles. The van der Waals surface area contributed by atoms with Crippen molar-refractivity contribution in [2.45, 2.75) is 19.7 Å². The van der Waals surface area contributed by atoms with Gasteiger partial charge in [-0.1, -0.05) is 42.5 Å². The van der Waals surface area contributed by atoms with E-state index in [4.69, 9.17) is 9.47 Å². The fourth-order valence-electron chi connectivity index (χ4n) is 2.70. The number of halogens is 2. The quantitative estimate of drug-likeness (QED) is 0.515. The van der Waals surface area contributed by atoms with Gasteiger partial charge in [-0.25, -0.2) is 4.39 Å². The molecule has 140 valence electrons. The maximum absolute atomic E-state index is 13.0. The third-order valence-corrected chi connectivity index (χ3v) is 4.68. The zero-order valence-corrected chi connectivity index (χ0v) is 16.6. The summed E-state index contributed by atoms with van der Waals surface area (Å²) in [6.07, 6.45) is 0. The van der Waals surface area contributed by atoms with E-state index in [9.17, 15) is 4.39 Å². The van der Waals surface area contributed by atoms with E-state index < -0.39 is 0 Å². The first kappa shape index (κ1) is 19.4. The molecular weight excluding hydrogens is 409 g/mol. The molecule has 0 aliphatic carbocycles. The molecule has 0 saturated heterocycles. The Morgan fingerprint density at radius 2 is 1.59 bits per heavy atom. The molecule has 0 fully saturated rings. The Hall–Kier alpha value is -2.37. The lowest BCUT2D eigenvalue weighted by molar-refractivity contribution is 0.282. The number of hydrogen-bond donors (Lipinski definition) is 1. The fourth-order valence-corrected chi connectivity index (χ4v) is 3.30. The van der Waals surface area contributed by atoms with Gasteiger partial charge in [0.05, 0.1) is 11.6 Å². The molecule has 3 aromatic rings. The third kappa shape index (κ3) is 5.55. The van der Waals surface area contributed by atoms with E-state index >= 15 is 0 Å². The second kappa shape index (κ2) is 9.53. The molecule has 0 unspecified atom stereocenters. The molecule has 0 aliphatic heterocycles. The van der Waals surface area contributed by atoms with Crippen molar-refractivity contribution in [3.63, 3.8) is 0 Å². The number of rotatable bonds is 8. The lowest BCUT2D eigenvalue weighted by atomic mass is 10.2. The van der Waals surface area contributed by atoms with E-state index in [2.05, 4.69) is 33.4 Å². The zero-order valence-electron chi connectivity index (χ0n) is 15.0. The maximum atomic E-state index is 13.0. The van der Waals surface area contributed by atoms with Gasteiger partial charge in [-0.05, 0) is 56.9 Å². The van der Waals surface area contributed by atoms with Crippen molar-refractivity contribution in [3.8, 4) is 11.5 Å². The number of nitrogens with one attached hydrogen (secondary N) is 1. The van der Waals surface area contributed by atoms with Crippen molar-refractivity contribution in [1.29, 1.82) is 0 Å². The molecule has 0 aliphatic rings. The summed E-state index contributed by atoms with van der Waals surface area (Å²) in [5.41, 5.74) is 3.21. The van der Waals surface area contributed by atoms with E-state index in [-0.39, 0.29) is 5.82 Å².